The van der Waals surface area contributed by atoms with E-state index in [1.807, 2.05) is 0 Å². The van der Waals surface area contributed by atoms with E-state index in [4.69, 9.17) is 15.9 Å². The number of quaternary nitrogens is 1. The third-order valence-corrected chi connectivity index (χ3v) is 5.07. The summed E-state index contributed by atoms with van der Waals surface area (Å²) in [5.74, 6) is 4.63. The summed E-state index contributed by atoms with van der Waals surface area (Å²) in [4.78, 5) is 0. The normalized spacial score (nSPS) is 29.6. The Kier molecular flexibility index (Phi) is 3.56. The van der Waals surface area contributed by atoms with Crippen molar-refractivity contribution < 1.29 is 19.1 Å². The van der Waals surface area contributed by atoms with E-state index in [9.17, 15) is 5.11 Å². The molecule has 1 fully saturated rings. The Bertz CT molecular complexity index is 592. The van der Waals surface area contributed by atoms with E-state index in [0.29, 0.717) is 0 Å². The summed E-state index contributed by atoms with van der Waals surface area (Å²) in [7, 11) is 3.31. The van der Waals surface area contributed by atoms with Crippen LogP contribution in [0.25, 0.3) is 0 Å². The van der Waals surface area contributed by atoms with Gasteiger partial charge in [-0.25, -0.2) is 0 Å². The fraction of sp³-hybridized carbons (Fsp3) is 0.529. The first kappa shape index (κ1) is 14.2. The smallest absolute Gasteiger partial charge is 0.161 e. The fourth-order valence-corrected chi connectivity index (χ4v) is 4.12. The molecule has 4 nitrogen and oxygen atoms in total. The fourth-order valence-electron chi connectivity index (χ4n) is 4.12. The predicted molar refractivity (Wildman–Crippen MR) is 80.3 cm³/mol. The standard InChI is InChI=1S/C17H22NO3/c1-4-6-18-7-5-12-8-15(20-2)16(21-3)9-14(12)17(18)13(10-18)11-19/h1,8-9,13,17,19H,5-7,10-11H2,2-3H3/q+1. The molecule has 2 aliphatic rings. The second kappa shape index (κ2) is 5.25. The minimum atomic E-state index is 0.211. The highest BCUT2D eigenvalue weighted by molar-refractivity contribution is 5.49. The minimum Gasteiger partial charge on any atom is -0.493 e. The maximum atomic E-state index is 9.64. The number of hydrogen-bond acceptors (Lipinski definition) is 3. The van der Waals surface area contributed by atoms with Crippen molar-refractivity contribution in [3.05, 3.63) is 23.3 Å². The van der Waals surface area contributed by atoms with Gasteiger partial charge in [-0.05, 0) is 23.6 Å². The molecule has 3 unspecified atom stereocenters. The van der Waals surface area contributed by atoms with Crippen LogP contribution in [-0.2, 0) is 6.42 Å². The van der Waals surface area contributed by atoms with Crippen molar-refractivity contribution in [3.63, 3.8) is 0 Å². The van der Waals surface area contributed by atoms with Crippen molar-refractivity contribution >= 4 is 0 Å². The Balaban J connectivity index is 2.06. The van der Waals surface area contributed by atoms with E-state index in [0.717, 1.165) is 42.0 Å². The van der Waals surface area contributed by atoms with E-state index in [1.54, 1.807) is 14.2 Å². The monoisotopic (exact) mass is 288 g/mol. The summed E-state index contributed by atoms with van der Waals surface area (Å²) in [5.41, 5.74) is 2.56. The number of benzene rings is 1. The molecular formula is C17H22NO3+. The zero-order valence-corrected chi connectivity index (χ0v) is 12.6. The lowest BCUT2D eigenvalue weighted by molar-refractivity contribution is -1.00. The van der Waals surface area contributed by atoms with Gasteiger partial charge in [0.25, 0.3) is 0 Å². The Labute approximate surface area is 125 Å². The van der Waals surface area contributed by atoms with Crippen LogP contribution in [-0.4, -0.2) is 50.1 Å². The second-order valence-electron chi connectivity index (χ2n) is 6.03. The average Bonchev–Trinajstić information content (AvgIpc) is 2.49. The molecule has 0 aliphatic carbocycles. The molecule has 0 spiro atoms. The summed E-state index contributed by atoms with van der Waals surface area (Å²) in [6.07, 6.45) is 6.57. The Hall–Kier alpha value is -1.70. The van der Waals surface area contributed by atoms with Crippen molar-refractivity contribution in [2.45, 2.75) is 12.5 Å². The third-order valence-electron chi connectivity index (χ3n) is 5.07. The van der Waals surface area contributed by atoms with E-state index in [1.165, 1.54) is 11.1 Å². The van der Waals surface area contributed by atoms with Crippen molar-refractivity contribution in [2.24, 2.45) is 5.92 Å². The molecule has 2 aliphatic heterocycles. The Morgan fingerprint density at radius 2 is 2.05 bits per heavy atom. The highest BCUT2D eigenvalue weighted by Gasteiger charge is 2.56. The topological polar surface area (TPSA) is 38.7 Å². The molecule has 1 aromatic rings. The highest BCUT2D eigenvalue weighted by atomic mass is 16.5. The molecule has 1 N–H and O–H groups in total. The molecule has 0 amide bonds. The van der Waals surface area contributed by atoms with E-state index >= 15 is 0 Å². The van der Waals surface area contributed by atoms with Crippen LogP contribution < -0.4 is 9.47 Å². The Morgan fingerprint density at radius 1 is 1.33 bits per heavy atom. The van der Waals surface area contributed by atoms with Gasteiger partial charge in [0.15, 0.2) is 11.5 Å². The van der Waals surface area contributed by atoms with Crippen LogP contribution in [0.15, 0.2) is 12.1 Å². The third kappa shape index (κ3) is 2.00. The van der Waals surface area contributed by atoms with E-state index in [-0.39, 0.29) is 18.6 Å². The van der Waals surface area contributed by atoms with Crippen LogP contribution in [0.4, 0.5) is 0 Å². The lowest BCUT2D eigenvalue weighted by atomic mass is 9.74. The van der Waals surface area contributed by atoms with Gasteiger partial charge in [0.2, 0.25) is 0 Å². The summed E-state index contributed by atoms with van der Waals surface area (Å²) in [6.45, 7) is 2.95. The van der Waals surface area contributed by atoms with Crippen LogP contribution in [0.5, 0.6) is 11.5 Å². The summed E-state index contributed by atoms with van der Waals surface area (Å²) in [5, 5.41) is 9.64. The molecule has 1 aromatic carbocycles. The predicted octanol–water partition coefficient (Wildman–Crippen LogP) is 1.37. The van der Waals surface area contributed by atoms with Crippen LogP contribution >= 0.6 is 0 Å². The van der Waals surface area contributed by atoms with Gasteiger partial charge in [0.05, 0.1) is 39.8 Å². The van der Waals surface area contributed by atoms with Crippen molar-refractivity contribution in [3.8, 4) is 23.8 Å². The lowest BCUT2D eigenvalue weighted by Gasteiger charge is -2.58. The molecule has 0 radical (unpaired) electrons. The molecule has 112 valence electrons. The van der Waals surface area contributed by atoms with Gasteiger partial charge in [-0.15, -0.1) is 6.42 Å². The van der Waals surface area contributed by atoms with E-state index in [2.05, 4.69) is 18.1 Å². The Morgan fingerprint density at radius 3 is 2.67 bits per heavy atom. The van der Waals surface area contributed by atoms with Crippen LogP contribution in [0.1, 0.15) is 17.2 Å². The molecule has 0 saturated carbocycles. The average molecular weight is 288 g/mol. The number of terminal acetylenes is 1. The van der Waals surface area contributed by atoms with Crippen LogP contribution in [0.3, 0.4) is 0 Å². The van der Waals surface area contributed by atoms with Gasteiger partial charge >= 0.3 is 0 Å². The number of hydrogen-bond donors (Lipinski definition) is 1. The minimum absolute atomic E-state index is 0.211. The maximum absolute atomic E-state index is 9.64. The van der Waals surface area contributed by atoms with Gasteiger partial charge in [-0.2, -0.15) is 0 Å². The van der Waals surface area contributed by atoms with Crippen molar-refractivity contribution in [1.29, 1.82) is 0 Å². The number of rotatable bonds is 4. The van der Waals surface area contributed by atoms with Gasteiger partial charge in [-0.1, -0.05) is 0 Å². The highest BCUT2D eigenvalue weighted by Crippen LogP contribution is 2.51. The molecule has 0 aromatic heterocycles. The molecule has 3 rings (SSSR count). The number of nitrogens with zero attached hydrogens (tertiary/aromatic N) is 1. The first-order chi connectivity index (χ1) is 10.2. The first-order valence-electron chi connectivity index (χ1n) is 7.34. The first-order valence-corrected chi connectivity index (χ1v) is 7.34. The number of aliphatic hydroxyl groups is 1. The summed E-state index contributed by atoms with van der Waals surface area (Å²) in [6, 6.07) is 4.43. The molecule has 3 atom stereocenters. The summed E-state index contributed by atoms with van der Waals surface area (Å²) >= 11 is 0. The van der Waals surface area contributed by atoms with Gasteiger partial charge < -0.3 is 19.1 Å². The van der Waals surface area contributed by atoms with E-state index < -0.39 is 0 Å². The van der Waals surface area contributed by atoms with Gasteiger partial charge in [0.1, 0.15) is 12.6 Å². The molecule has 21 heavy (non-hydrogen) atoms. The SMILES string of the molecule is C#CC[N+]12CCc3cc(OC)c(OC)cc3C1C(CO)C2. The number of ether oxygens (including phenoxy) is 2. The second-order valence-corrected chi connectivity index (χ2v) is 6.03. The molecule has 4 heteroatoms. The molecular weight excluding hydrogens is 266 g/mol. The van der Waals surface area contributed by atoms with Gasteiger partial charge in [0, 0.05) is 12.0 Å². The zero-order valence-electron chi connectivity index (χ0n) is 12.6. The number of aliphatic hydroxyl groups excluding tert-OH is 1. The van der Waals surface area contributed by atoms with Crippen LogP contribution in [0.2, 0.25) is 0 Å². The quantitative estimate of drug-likeness (QED) is 0.672. The number of fused-ring (bicyclic) bond motifs is 3. The van der Waals surface area contributed by atoms with Crippen molar-refractivity contribution in [1.82, 2.24) is 0 Å². The van der Waals surface area contributed by atoms with Gasteiger partial charge in [-0.3, -0.25) is 0 Å². The maximum Gasteiger partial charge on any atom is 0.161 e. The molecule has 2 heterocycles. The summed E-state index contributed by atoms with van der Waals surface area (Å²) < 4.78 is 11.7. The van der Waals surface area contributed by atoms with Crippen molar-refractivity contribution in [2.75, 3.05) is 40.5 Å². The van der Waals surface area contributed by atoms with Crippen LogP contribution in [0, 0.1) is 18.3 Å². The number of methoxy groups -OCH3 is 2. The lowest BCUT2D eigenvalue weighted by Crippen LogP contribution is -2.68. The molecule has 0 bridgehead atoms. The molecule has 1 saturated heterocycles. The largest absolute Gasteiger partial charge is 0.493 e. The zero-order chi connectivity index (χ0) is 15.0.